The summed E-state index contributed by atoms with van der Waals surface area (Å²) in [7, 11) is 0. The molecule has 0 radical (unpaired) electrons. The summed E-state index contributed by atoms with van der Waals surface area (Å²) in [5, 5.41) is 12.4. The maximum Gasteiger partial charge on any atom is 0.251 e. The number of fused-ring (bicyclic) bond motifs is 1. The molecular weight excluding hydrogens is 266 g/mol. The molecule has 1 aliphatic heterocycles. The SMILES string of the molecule is O=C(N[C@@H](CO)c1ccccc1)c1ccc2c(c1)CCO2. The molecule has 0 saturated carbocycles. The van der Waals surface area contributed by atoms with Crippen molar-refractivity contribution in [3.05, 3.63) is 65.2 Å². The van der Waals surface area contributed by atoms with E-state index in [0.29, 0.717) is 12.2 Å². The molecule has 0 spiro atoms. The molecule has 0 unspecified atom stereocenters. The van der Waals surface area contributed by atoms with Crippen molar-refractivity contribution >= 4 is 5.91 Å². The van der Waals surface area contributed by atoms with E-state index in [1.165, 1.54) is 0 Å². The summed E-state index contributed by atoms with van der Waals surface area (Å²) in [6.07, 6.45) is 0.832. The fourth-order valence-electron chi connectivity index (χ4n) is 2.49. The predicted octanol–water partition coefficient (Wildman–Crippen LogP) is 2.08. The average Bonchev–Trinajstić information content (AvgIpc) is 3.00. The van der Waals surface area contributed by atoms with E-state index in [0.717, 1.165) is 23.3 Å². The number of rotatable bonds is 4. The van der Waals surface area contributed by atoms with Gasteiger partial charge in [0.15, 0.2) is 0 Å². The first-order chi connectivity index (χ1) is 10.3. The zero-order valence-corrected chi connectivity index (χ0v) is 11.6. The molecule has 0 aromatic heterocycles. The lowest BCUT2D eigenvalue weighted by atomic mass is 10.1. The van der Waals surface area contributed by atoms with Gasteiger partial charge in [-0.1, -0.05) is 30.3 Å². The van der Waals surface area contributed by atoms with Crippen LogP contribution in [0.4, 0.5) is 0 Å². The number of hydrogen-bond donors (Lipinski definition) is 2. The number of aliphatic hydroxyl groups is 1. The fraction of sp³-hybridized carbons (Fsp3) is 0.235. The van der Waals surface area contributed by atoms with Crippen molar-refractivity contribution < 1.29 is 14.6 Å². The lowest BCUT2D eigenvalue weighted by Crippen LogP contribution is -2.30. The first-order valence-electron chi connectivity index (χ1n) is 7.00. The van der Waals surface area contributed by atoms with Crippen molar-refractivity contribution in [1.29, 1.82) is 0 Å². The van der Waals surface area contributed by atoms with Crippen LogP contribution in [0.25, 0.3) is 0 Å². The maximum absolute atomic E-state index is 12.3. The van der Waals surface area contributed by atoms with Crippen LogP contribution in [0.5, 0.6) is 5.75 Å². The molecule has 1 amide bonds. The van der Waals surface area contributed by atoms with E-state index in [2.05, 4.69) is 5.32 Å². The molecule has 1 aliphatic rings. The first-order valence-corrected chi connectivity index (χ1v) is 7.00. The Kier molecular flexibility index (Phi) is 3.88. The number of amides is 1. The highest BCUT2D eigenvalue weighted by molar-refractivity contribution is 5.94. The lowest BCUT2D eigenvalue weighted by molar-refractivity contribution is 0.0916. The third-order valence-electron chi connectivity index (χ3n) is 3.64. The maximum atomic E-state index is 12.3. The molecule has 3 rings (SSSR count). The first kappa shape index (κ1) is 13.6. The van der Waals surface area contributed by atoms with Crippen LogP contribution in [0.1, 0.15) is 27.5 Å². The minimum absolute atomic E-state index is 0.135. The summed E-state index contributed by atoms with van der Waals surface area (Å²) in [6.45, 7) is 0.535. The molecule has 0 saturated heterocycles. The van der Waals surface area contributed by atoms with E-state index in [-0.39, 0.29) is 12.5 Å². The Morgan fingerprint density at radius 1 is 1.24 bits per heavy atom. The Balaban J connectivity index is 1.76. The largest absolute Gasteiger partial charge is 0.493 e. The van der Waals surface area contributed by atoms with Gasteiger partial charge >= 0.3 is 0 Å². The van der Waals surface area contributed by atoms with Gasteiger partial charge in [-0.2, -0.15) is 0 Å². The highest BCUT2D eigenvalue weighted by atomic mass is 16.5. The summed E-state index contributed by atoms with van der Waals surface area (Å²) in [5.74, 6) is 0.668. The molecule has 4 heteroatoms. The molecule has 0 aliphatic carbocycles. The summed E-state index contributed by atoms with van der Waals surface area (Å²) >= 11 is 0. The topological polar surface area (TPSA) is 58.6 Å². The quantitative estimate of drug-likeness (QED) is 0.903. The van der Waals surface area contributed by atoms with Crippen molar-refractivity contribution in [3.63, 3.8) is 0 Å². The van der Waals surface area contributed by atoms with Gasteiger partial charge in [0, 0.05) is 12.0 Å². The van der Waals surface area contributed by atoms with Crippen LogP contribution < -0.4 is 10.1 Å². The van der Waals surface area contributed by atoms with Crippen LogP contribution in [0, 0.1) is 0 Å². The molecule has 4 nitrogen and oxygen atoms in total. The molecule has 21 heavy (non-hydrogen) atoms. The Bertz CT molecular complexity index is 640. The predicted molar refractivity (Wildman–Crippen MR) is 79.4 cm³/mol. The van der Waals surface area contributed by atoms with Gasteiger partial charge in [0.2, 0.25) is 0 Å². The molecule has 2 aromatic rings. The zero-order chi connectivity index (χ0) is 14.7. The highest BCUT2D eigenvalue weighted by Crippen LogP contribution is 2.26. The molecular formula is C17H17NO3. The van der Waals surface area contributed by atoms with Crippen LogP contribution in [-0.2, 0) is 6.42 Å². The third-order valence-corrected chi connectivity index (χ3v) is 3.64. The van der Waals surface area contributed by atoms with Crippen molar-refractivity contribution in [1.82, 2.24) is 5.32 Å². The minimum Gasteiger partial charge on any atom is -0.493 e. The second-order valence-electron chi connectivity index (χ2n) is 5.04. The van der Waals surface area contributed by atoms with E-state index < -0.39 is 6.04 Å². The molecule has 0 bridgehead atoms. The van der Waals surface area contributed by atoms with Crippen LogP contribution in [0.2, 0.25) is 0 Å². The summed E-state index contributed by atoms with van der Waals surface area (Å²) in [6, 6.07) is 14.5. The second-order valence-corrected chi connectivity index (χ2v) is 5.04. The Morgan fingerprint density at radius 3 is 2.81 bits per heavy atom. The van der Waals surface area contributed by atoms with Gasteiger partial charge in [0.25, 0.3) is 5.91 Å². The van der Waals surface area contributed by atoms with Crippen LogP contribution in [-0.4, -0.2) is 24.2 Å². The van der Waals surface area contributed by atoms with Gasteiger partial charge in [-0.25, -0.2) is 0 Å². The summed E-state index contributed by atoms with van der Waals surface area (Å²) in [4.78, 5) is 12.3. The Morgan fingerprint density at radius 2 is 2.05 bits per heavy atom. The normalized spacial score (nSPS) is 14.1. The lowest BCUT2D eigenvalue weighted by Gasteiger charge is -2.17. The number of aliphatic hydroxyl groups excluding tert-OH is 1. The minimum atomic E-state index is -0.400. The van der Waals surface area contributed by atoms with Gasteiger partial charge in [0.05, 0.1) is 19.3 Å². The molecule has 1 atom stereocenters. The van der Waals surface area contributed by atoms with E-state index in [1.807, 2.05) is 42.5 Å². The monoisotopic (exact) mass is 283 g/mol. The number of benzene rings is 2. The van der Waals surface area contributed by atoms with Crippen molar-refractivity contribution in [2.45, 2.75) is 12.5 Å². The van der Waals surface area contributed by atoms with Crippen LogP contribution >= 0.6 is 0 Å². The number of nitrogens with one attached hydrogen (secondary N) is 1. The van der Waals surface area contributed by atoms with Gasteiger partial charge in [0.1, 0.15) is 5.75 Å². The molecule has 0 fully saturated rings. The van der Waals surface area contributed by atoms with Crippen LogP contribution in [0.3, 0.4) is 0 Å². The van der Waals surface area contributed by atoms with Crippen molar-refractivity contribution in [2.75, 3.05) is 13.2 Å². The third kappa shape index (κ3) is 2.90. The molecule has 2 N–H and O–H groups in total. The Hall–Kier alpha value is -2.33. The number of carbonyl (C=O) groups excluding carboxylic acids is 1. The summed E-state index contributed by atoms with van der Waals surface area (Å²) < 4.78 is 5.43. The summed E-state index contributed by atoms with van der Waals surface area (Å²) in [5.41, 5.74) is 2.54. The smallest absolute Gasteiger partial charge is 0.251 e. The fourth-order valence-corrected chi connectivity index (χ4v) is 2.49. The highest BCUT2D eigenvalue weighted by Gasteiger charge is 2.18. The zero-order valence-electron chi connectivity index (χ0n) is 11.6. The van der Waals surface area contributed by atoms with Crippen LogP contribution in [0.15, 0.2) is 48.5 Å². The number of hydrogen-bond acceptors (Lipinski definition) is 3. The standard InChI is InChI=1S/C17H17NO3/c19-11-15(12-4-2-1-3-5-12)18-17(20)14-6-7-16-13(10-14)8-9-21-16/h1-7,10,15,19H,8-9,11H2,(H,18,20)/t15-/m0/s1. The van der Waals surface area contributed by atoms with E-state index in [9.17, 15) is 9.90 Å². The number of carbonyl (C=O) groups is 1. The number of ether oxygens (including phenoxy) is 1. The van der Waals surface area contributed by atoms with Gasteiger partial charge < -0.3 is 15.2 Å². The van der Waals surface area contributed by atoms with Crippen molar-refractivity contribution in [2.24, 2.45) is 0 Å². The molecule has 1 heterocycles. The Labute approximate surface area is 123 Å². The second kappa shape index (κ2) is 5.97. The van der Waals surface area contributed by atoms with Gasteiger partial charge in [-0.3, -0.25) is 4.79 Å². The van der Waals surface area contributed by atoms with E-state index in [1.54, 1.807) is 6.07 Å². The average molecular weight is 283 g/mol. The molecule has 2 aromatic carbocycles. The van der Waals surface area contributed by atoms with E-state index >= 15 is 0 Å². The van der Waals surface area contributed by atoms with Crippen molar-refractivity contribution in [3.8, 4) is 5.75 Å². The van der Waals surface area contributed by atoms with Gasteiger partial charge in [-0.05, 0) is 29.3 Å². The molecule has 108 valence electrons. The van der Waals surface area contributed by atoms with Gasteiger partial charge in [-0.15, -0.1) is 0 Å². The van der Waals surface area contributed by atoms with E-state index in [4.69, 9.17) is 4.74 Å².